The van der Waals surface area contributed by atoms with Crippen LogP contribution in [0.15, 0.2) is 24.8 Å². The van der Waals surface area contributed by atoms with E-state index in [2.05, 4.69) is 11.9 Å². The lowest BCUT2D eigenvalue weighted by Crippen LogP contribution is -2.16. The van der Waals surface area contributed by atoms with E-state index >= 15 is 0 Å². The molecule has 18 heavy (non-hydrogen) atoms. The van der Waals surface area contributed by atoms with Crippen LogP contribution in [0.25, 0.3) is 0 Å². The van der Waals surface area contributed by atoms with Crippen molar-refractivity contribution in [3.63, 3.8) is 0 Å². The van der Waals surface area contributed by atoms with Gasteiger partial charge in [0.15, 0.2) is 11.5 Å². The maximum Gasteiger partial charge on any atom is 0.231 e. The Balaban J connectivity index is 1.79. The maximum absolute atomic E-state index is 6.11. The molecule has 0 aliphatic carbocycles. The lowest BCUT2D eigenvalue weighted by molar-refractivity contribution is 0.174. The smallest absolute Gasteiger partial charge is 0.231 e. The molecule has 0 amide bonds. The van der Waals surface area contributed by atoms with Crippen LogP contribution >= 0.6 is 23.4 Å². The van der Waals surface area contributed by atoms with Gasteiger partial charge in [0.1, 0.15) is 0 Å². The Morgan fingerprint density at radius 2 is 2.33 bits per heavy atom. The van der Waals surface area contributed by atoms with Gasteiger partial charge >= 0.3 is 0 Å². The van der Waals surface area contributed by atoms with Gasteiger partial charge in [-0.3, -0.25) is 0 Å². The van der Waals surface area contributed by atoms with E-state index in [1.165, 1.54) is 0 Å². The number of rotatable bonds is 7. The van der Waals surface area contributed by atoms with E-state index in [-0.39, 0.29) is 6.79 Å². The van der Waals surface area contributed by atoms with Crippen molar-refractivity contribution in [1.82, 2.24) is 5.32 Å². The molecule has 1 aromatic rings. The van der Waals surface area contributed by atoms with E-state index in [1.54, 1.807) is 0 Å². The Morgan fingerprint density at radius 3 is 3.17 bits per heavy atom. The Morgan fingerprint density at radius 1 is 1.44 bits per heavy atom. The van der Waals surface area contributed by atoms with E-state index in [9.17, 15) is 0 Å². The Kier molecular flexibility index (Phi) is 5.23. The van der Waals surface area contributed by atoms with Crippen LogP contribution in [-0.2, 0) is 6.54 Å². The molecule has 1 aromatic carbocycles. The van der Waals surface area contributed by atoms with Gasteiger partial charge in [0.2, 0.25) is 6.79 Å². The van der Waals surface area contributed by atoms with Crippen LogP contribution in [0.4, 0.5) is 0 Å². The molecule has 0 unspecified atom stereocenters. The molecule has 0 saturated heterocycles. The fourth-order valence-corrected chi connectivity index (χ4v) is 2.58. The van der Waals surface area contributed by atoms with Crippen LogP contribution in [0.1, 0.15) is 5.56 Å². The topological polar surface area (TPSA) is 30.5 Å². The minimum atomic E-state index is 0.254. The van der Waals surface area contributed by atoms with Crippen LogP contribution in [0.2, 0.25) is 5.02 Å². The summed E-state index contributed by atoms with van der Waals surface area (Å²) in [6, 6.07) is 3.89. The Labute approximate surface area is 116 Å². The molecule has 1 aliphatic rings. The summed E-state index contributed by atoms with van der Waals surface area (Å²) < 4.78 is 10.6. The average Bonchev–Trinajstić information content (AvgIpc) is 2.82. The lowest BCUT2D eigenvalue weighted by Gasteiger charge is -2.06. The standard InChI is InChI=1S/C13H16ClNO2S/c1-2-4-18-5-3-15-8-10-6-11(14)13-12(7-10)16-9-17-13/h2,6-7,15H,1,3-5,8-9H2. The van der Waals surface area contributed by atoms with Crippen molar-refractivity contribution < 1.29 is 9.47 Å². The number of benzene rings is 1. The molecule has 0 saturated carbocycles. The first-order chi connectivity index (χ1) is 8.81. The zero-order chi connectivity index (χ0) is 12.8. The van der Waals surface area contributed by atoms with Crippen molar-refractivity contribution in [3.05, 3.63) is 35.4 Å². The number of ether oxygens (including phenoxy) is 2. The second-order valence-electron chi connectivity index (χ2n) is 3.85. The van der Waals surface area contributed by atoms with E-state index < -0.39 is 0 Å². The maximum atomic E-state index is 6.11. The molecule has 0 bridgehead atoms. The van der Waals surface area contributed by atoms with Crippen molar-refractivity contribution in [3.8, 4) is 11.5 Å². The van der Waals surface area contributed by atoms with Crippen molar-refractivity contribution in [2.75, 3.05) is 24.8 Å². The van der Waals surface area contributed by atoms with Crippen molar-refractivity contribution >= 4 is 23.4 Å². The molecule has 1 N–H and O–H groups in total. The van der Waals surface area contributed by atoms with E-state index in [0.29, 0.717) is 10.8 Å². The average molecular weight is 286 g/mol. The third-order valence-corrected chi connectivity index (χ3v) is 3.72. The van der Waals surface area contributed by atoms with Crippen molar-refractivity contribution in [2.24, 2.45) is 0 Å². The molecule has 5 heteroatoms. The predicted octanol–water partition coefficient (Wildman–Crippen LogP) is 3.08. The van der Waals surface area contributed by atoms with Gasteiger partial charge in [-0.15, -0.1) is 6.58 Å². The fraction of sp³-hybridized carbons (Fsp3) is 0.385. The van der Waals surface area contributed by atoms with Crippen LogP contribution in [-0.4, -0.2) is 24.8 Å². The Hall–Kier alpha value is -0.840. The van der Waals surface area contributed by atoms with Gasteiger partial charge in [-0.2, -0.15) is 11.8 Å². The first kappa shape index (κ1) is 13.6. The summed E-state index contributed by atoms with van der Waals surface area (Å²) in [5.74, 6) is 3.46. The zero-order valence-electron chi connectivity index (χ0n) is 10.1. The number of thioether (sulfide) groups is 1. The number of halogens is 1. The summed E-state index contributed by atoms with van der Waals surface area (Å²) in [5.41, 5.74) is 1.11. The molecular weight excluding hydrogens is 270 g/mol. The van der Waals surface area contributed by atoms with E-state index in [1.807, 2.05) is 30.0 Å². The molecule has 2 rings (SSSR count). The van der Waals surface area contributed by atoms with E-state index in [0.717, 1.165) is 35.9 Å². The molecule has 3 nitrogen and oxygen atoms in total. The summed E-state index contributed by atoms with van der Waals surface area (Å²) in [7, 11) is 0. The molecule has 0 atom stereocenters. The minimum absolute atomic E-state index is 0.254. The van der Waals surface area contributed by atoms with Crippen molar-refractivity contribution in [1.29, 1.82) is 0 Å². The molecule has 0 spiro atoms. The molecular formula is C13H16ClNO2S. The van der Waals surface area contributed by atoms with Gasteiger partial charge in [-0.25, -0.2) is 0 Å². The second-order valence-corrected chi connectivity index (χ2v) is 5.41. The molecule has 1 heterocycles. The van der Waals surface area contributed by atoms with Gasteiger partial charge in [-0.05, 0) is 17.7 Å². The van der Waals surface area contributed by atoms with Gasteiger partial charge in [0.25, 0.3) is 0 Å². The van der Waals surface area contributed by atoms with Crippen molar-refractivity contribution in [2.45, 2.75) is 6.54 Å². The molecule has 0 aromatic heterocycles. The summed E-state index contributed by atoms with van der Waals surface area (Å²) >= 11 is 7.97. The molecule has 98 valence electrons. The van der Waals surface area contributed by atoms with E-state index in [4.69, 9.17) is 21.1 Å². The summed E-state index contributed by atoms with van der Waals surface area (Å²) in [4.78, 5) is 0. The fourth-order valence-electron chi connectivity index (χ4n) is 1.67. The van der Waals surface area contributed by atoms with Crippen LogP contribution in [0, 0.1) is 0 Å². The third-order valence-electron chi connectivity index (χ3n) is 2.48. The normalized spacial score (nSPS) is 12.7. The highest BCUT2D eigenvalue weighted by Gasteiger charge is 2.17. The third kappa shape index (κ3) is 3.57. The Bertz CT molecular complexity index is 426. The summed E-state index contributed by atoms with van der Waals surface area (Å²) in [6.45, 7) is 5.69. The minimum Gasteiger partial charge on any atom is -0.454 e. The van der Waals surface area contributed by atoms with Crippen LogP contribution in [0.3, 0.4) is 0 Å². The monoisotopic (exact) mass is 285 g/mol. The molecule has 0 fully saturated rings. The largest absolute Gasteiger partial charge is 0.454 e. The number of nitrogens with one attached hydrogen (secondary N) is 1. The predicted molar refractivity (Wildman–Crippen MR) is 76.8 cm³/mol. The number of hydrogen-bond donors (Lipinski definition) is 1. The highest BCUT2D eigenvalue weighted by molar-refractivity contribution is 7.99. The first-order valence-electron chi connectivity index (χ1n) is 5.78. The van der Waals surface area contributed by atoms with Crippen LogP contribution in [0.5, 0.6) is 11.5 Å². The lowest BCUT2D eigenvalue weighted by atomic mass is 10.2. The van der Waals surface area contributed by atoms with Gasteiger partial charge in [0.05, 0.1) is 5.02 Å². The quantitative estimate of drug-likeness (QED) is 0.616. The summed E-state index contributed by atoms with van der Waals surface area (Å²) in [6.07, 6.45) is 1.92. The highest BCUT2D eigenvalue weighted by atomic mass is 35.5. The van der Waals surface area contributed by atoms with Gasteiger partial charge in [0, 0.05) is 24.6 Å². The molecule has 0 radical (unpaired) electrons. The summed E-state index contributed by atoms with van der Waals surface area (Å²) in [5, 5.41) is 3.98. The second kappa shape index (κ2) is 6.92. The number of fused-ring (bicyclic) bond motifs is 1. The first-order valence-corrected chi connectivity index (χ1v) is 7.32. The number of hydrogen-bond acceptors (Lipinski definition) is 4. The zero-order valence-corrected chi connectivity index (χ0v) is 11.6. The SMILES string of the molecule is C=CCSCCNCc1cc(Cl)c2c(c1)OCO2. The molecule has 1 aliphatic heterocycles. The highest BCUT2D eigenvalue weighted by Crippen LogP contribution is 2.39. The van der Waals surface area contributed by atoms with Crippen LogP contribution < -0.4 is 14.8 Å². The van der Waals surface area contributed by atoms with Gasteiger partial charge < -0.3 is 14.8 Å². The van der Waals surface area contributed by atoms with Gasteiger partial charge in [-0.1, -0.05) is 17.7 Å².